The third-order valence-corrected chi connectivity index (χ3v) is 5.65. The molecule has 0 spiro atoms. The van der Waals surface area contributed by atoms with Crippen LogP contribution in [0.1, 0.15) is 37.1 Å². The van der Waals surface area contributed by atoms with Crippen LogP contribution >= 0.6 is 0 Å². The molecule has 6 heteroatoms. The minimum absolute atomic E-state index is 0.412. The van der Waals surface area contributed by atoms with Crippen molar-refractivity contribution < 1.29 is 0 Å². The SMILES string of the molecule is C#C.C=CC.CN(CC1=CCN(CN2CCNCC2)C=N1)C1CCCc2cccnc21. The molecule has 168 valence electrons. The lowest BCUT2D eigenvalue weighted by Crippen LogP contribution is -2.48. The fraction of sp³-hybridized carbons (Fsp3) is 0.520. The van der Waals surface area contributed by atoms with Gasteiger partial charge in [0.15, 0.2) is 0 Å². The molecule has 1 unspecified atom stereocenters. The Kier molecular flexibility index (Phi) is 11.0. The van der Waals surface area contributed by atoms with Crippen molar-refractivity contribution in [2.75, 3.05) is 53.0 Å². The smallest absolute Gasteiger partial charge is 0.0922 e. The summed E-state index contributed by atoms with van der Waals surface area (Å²) in [7, 11) is 2.21. The number of aromatic nitrogens is 1. The highest BCUT2D eigenvalue weighted by atomic mass is 15.3. The Morgan fingerprint density at radius 3 is 2.74 bits per heavy atom. The highest BCUT2D eigenvalue weighted by Gasteiger charge is 2.25. The van der Waals surface area contributed by atoms with Gasteiger partial charge in [0.05, 0.1) is 30.4 Å². The van der Waals surface area contributed by atoms with Crippen LogP contribution < -0.4 is 5.32 Å². The van der Waals surface area contributed by atoms with Crippen molar-refractivity contribution in [1.82, 2.24) is 25.0 Å². The monoisotopic (exact) mass is 422 g/mol. The van der Waals surface area contributed by atoms with Gasteiger partial charge in [0, 0.05) is 45.5 Å². The molecule has 1 atom stereocenters. The van der Waals surface area contributed by atoms with E-state index in [9.17, 15) is 0 Å². The predicted octanol–water partition coefficient (Wildman–Crippen LogP) is 2.92. The maximum Gasteiger partial charge on any atom is 0.0922 e. The van der Waals surface area contributed by atoms with Gasteiger partial charge in [0.1, 0.15) is 0 Å². The quantitative estimate of drug-likeness (QED) is 0.584. The normalized spacial score (nSPS) is 20.5. The van der Waals surface area contributed by atoms with Gasteiger partial charge in [-0.3, -0.25) is 14.8 Å². The first kappa shape index (κ1) is 24.8. The summed E-state index contributed by atoms with van der Waals surface area (Å²) in [5.74, 6) is 0. The number of terminal acetylenes is 1. The molecule has 3 aliphatic rings. The van der Waals surface area contributed by atoms with Gasteiger partial charge in [-0.05, 0) is 50.9 Å². The number of likely N-dealkylation sites (N-methyl/N-ethyl adjacent to an activating group) is 1. The molecule has 1 aliphatic carbocycles. The first-order valence-electron chi connectivity index (χ1n) is 11.2. The average Bonchev–Trinajstić information content (AvgIpc) is 2.82. The van der Waals surface area contributed by atoms with E-state index in [0.717, 1.165) is 52.4 Å². The van der Waals surface area contributed by atoms with Gasteiger partial charge >= 0.3 is 0 Å². The van der Waals surface area contributed by atoms with Crippen molar-refractivity contribution in [3.05, 3.63) is 54.0 Å². The Bertz CT molecular complexity index is 747. The summed E-state index contributed by atoms with van der Waals surface area (Å²) in [4.78, 5) is 16.6. The number of nitrogens with one attached hydrogen (secondary N) is 1. The predicted molar refractivity (Wildman–Crippen MR) is 131 cm³/mol. The molecule has 0 radical (unpaired) electrons. The van der Waals surface area contributed by atoms with Crippen LogP contribution in [0.2, 0.25) is 0 Å². The van der Waals surface area contributed by atoms with E-state index in [1.807, 2.05) is 19.5 Å². The van der Waals surface area contributed by atoms with E-state index in [4.69, 9.17) is 4.99 Å². The molecule has 3 heterocycles. The second-order valence-corrected chi connectivity index (χ2v) is 8.00. The number of hydrogen-bond donors (Lipinski definition) is 1. The molecule has 1 aromatic heterocycles. The summed E-state index contributed by atoms with van der Waals surface area (Å²) in [5, 5.41) is 3.40. The highest BCUT2D eigenvalue weighted by Crippen LogP contribution is 2.32. The highest BCUT2D eigenvalue weighted by molar-refractivity contribution is 5.58. The van der Waals surface area contributed by atoms with E-state index in [1.54, 1.807) is 6.08 Å². The van der Waals surface area contributed by atoms with Crippen LogP contribution in [0.3, 0.4) is 0 Å². The zero-order valence-corrected chi connectivity index (χ0v) is 19.2. The number of fused-ring (bicyclic) bond motifs is 1. The van der Waals surface area contributed by atoms with Crippen LogP contribution in [0.15, 0.2) is 47.7 Å². The molecule has 1 fully saturated rings. The Morgan fingerprint density at radius 1 is 1.32 bits per heavy atom. The summed E-state index contributed by atoms with van der Waals surface area (Å²) < 4.78 is 0. The number of pyridine rings is 1. The maximum atomic E-state index is 4.72. The first-order chi connectivity index (χ1) is 15.2. The zero-order valence-electron chi connectivity index (χ0n) is 19.2. The number of aliphatic imine (C=N–C) groups is 1. The molecule has 1 saturated heterocycles. The molecule has 0 aromatic carbocycles. The lowest BCUT2D eigenvalue weighted by atomic mass is 9.91. The van der Waals surface area contributed by atoms with Gasteiger partial charge in [0.25, 0.3) is 0 Å². The summed E-state index contributed by atoms with van der Waals surface area (Å²) in [6, 6.07) is 4.70. The first-order valence-corrected chi connectivity index (χ1v) is 11.2. The molecule has 1 aromatic rings. The fourth-order valence-corrected chi connectivity index (χ4v) is 4.17. The van der Waals surface area contributed by atoms with Crippen molar-refractivity contribution >= 4 is 6.34 Å². The van der Waals surface area contributed by atoms with Crippen LogP contribution in [-0.4, -0.2) is 79.0 Å². The van der Waals surface area contributed by atoms with E-state index in [2.05, 4.69) is 69.7 Å². The van der Waals surface area contributed by atoms with Crippen LogP contribution in [-0.2, 0) is 6.42 Å². The number of hydrogen-bond acceptors (Lipinski definition) is 6. The number of piperazine rings is 1. The third kappa shape index (κ3) is 7.62. The summed E-state index contributed by atoms with van der Waals surface area (Å²) >= 11 is 0. The molecule has 2 aliphatic heterocycles. The van der Waals surface area contributed by atoms with Gasteiger partial charge in [-0.1, -0.05) is 12.1 Å². The van der Waals surface area contributed by atoms with Crippen LogP contribution in [0.25, 0.3) is 0 Å². The summed E-state index contributed by atoms with van der Waals surface area (Å²) in [6.07, 6.45) is 19.6. The topological polar surface area (TPSA) is 47.0 Å². The zero-order chi connectivity index (χ0) is 22.5. The van der Waals surface area contributed by atoms with Crippen molar-refractivity contribution in [3.63, 3.8) is 0 Å². The number of aryl methyl sites for hydroxylation is 1. The van der Waals surface area contributed by atoms with E-state index in [0.29, 0.717) is 6.04 Å². The maximum absolute atomic E-state index is 4.72. The van der Waals surface area contributed by atoms with Crippen LogP contribution in [0.4, 0.5) is 0 Å². The minimum atomic E-state index is 0.412. The van der Waals surface area contributed by atoms with Crippen molar-refractivity contribution in [2.45, 2.75) is 32.2 Å². The van der Waals surface area contributed by atoms with E-state index >= 15 is 0 Å². The van der Waals surface area contributed by atoms with Gasteiger partial charge in [-0.15, -0.1) is 19.4 Å². The molecule has 6 nitrogen and oxygen atoms in total. The summed E-state index contributed by atoms with van der Waals surface area (Å²) in [6.45, 7) is 12.5. The largest absolute Gasteiger partial charge is 0.346 e. The minimum Gasteiger partial charge on any atom is -0.346 e. The van der Waals surface area contributed by atoms with Gasteiger partial charge in [-0.25, -0.2) is 4.99 Å². The van der Waals surface area contributed by atoms with E-state index in [1.165, 1.54) is 29.8 Å². The molecule has 31 heavy (non-hydrogen) atoms. The molecule has 0 bridgehead atoms. The fourth-order valence-electron chi connectivity index (χ4n) is 4.17. The third-order valence-electron chi connectivity index (χ3n) is 5.65. The van der Waals surface area contributed by atoms with Crippen LogP contribution in [0.5, 0.6) is 0 Å². The standard InChI is InChI=1S/C20H30N6.C3H6.C2H2/c1-24(19-6-2-4-17-5-3-8-22-20(17)19)14-18-7-11-26(15-23-18)16-25-12-9-21-10-13-25;1-3-2;1-2/h3,5,7-8,15,19,21H,2,4,6,9-14,16H2,1H3;3H,1H2,2H3;1-2H. The second-order valence-electron chi connectivity index (χ2n) is 8.00. The molecular weight excluding hydrogens is 384 g/mol. The lowest BCUT2D eigenvalue weighted by molar-refractivity contribution is 0.175. The van der Waals surface area contributed by atoms with Crippen LogP contribution in [0, 0.1) is 12.8 Å². The number of rotatable bonds is 5. The van der Waals surface area contributed by atoms with Gasteiger partial charge in [0.2, 0.25) is 0 Å². The van der Waals surface area contributed by atoms with Crippen molar-refractivity contribution in [3.8, 4) is 12.8 Å². The number of nitrogens with zero attached hydrogens (tertiary/aromatic N) is 5. The van der Waals surface area contributed by atoms with Crippen molar-refractivity contribution in [2.24, 2.45) is 4.99 Å². The average molecular weight is 423 g/mol. The van der Waals surface area contributed by atoms with Gasteiger partial charge < -0.3 is 10.2 Å². The Morgan fingerprint density at radius 2 is 2.06 bits per heavy atom. The Labute approximate surface area is 188 Å². The Hall–Kier alpha value is -2.46. The molecule has 0 saturated carbocycles. The van der Waals surface area contributed by atoms with Gasteiger partial charge in [-0.2, -0.15) is 0 Å². The van der Waals surface area contributed by atoms with E-state index in [-0.39, 0.29) is 0 Å². The molecule has 1 N–H and O–H groups in total. The molecule has 4 rings (SSSR count). The van der Waals surface area contributed by atoms with E-state index < -0.39 is 0 Å². The number of allylic oxidation sites excluding steroid dienone is 1. The second kappa shape index (κ2) is 13.8. The summed E-state index contributed by atoms with van der Waals surface area (Å²) in [5.41, 5.74) is 3.85. The molecular formula is C25H38N6. The lowest BCUT2D eigenvalue weighted by Gasteiger charge is -2.34. The Balaban J connectivity index is 0.000000630. The molecule has 0 amide bonds. The van der Waals surface area contributed by atoms with Crippen molar-refractivity contribution in [1.29, 1.82) is 0 Å².